The molecule has 0 radical (unpaired) electrons. The van der Waals surface area contributed by atoms with Crippen molar-refractivity contribution in [2.24, 2.45) is 0 Å². The fourth-order valence-corrected chi connectivity index (χ4v) is 5.21. The molecule has 2 N–H and O–H groups in total. The smallest absolute Gasteiger partial charge is 0.319 e. The van der Waals surface area contributed by atoms with Gasteiger partial charge in [-0.15, -0.1) is 0 Å². The second kappa shape index (κ2) is 9.39. The standard InChI is InChI=1S/C24H29N3O3S/c1-17-9-5-10-18(2)23(17)26-24(28)25-15-8-16-31(29,30)22-14-7-11-19-20(22)12-6-13-21(19)27(3)4/h5-7,9-14H,8,15-16H2,1-4H3,(H2,25,26,28). The molecule has 7 heteroatoms. The van der Waals surface area contributed by atoms with Crippen LogP contribution in [-0.4, -0.2) is 40.8 Å². The van der Waals surface area contributed by atoms with Crippen molar-refractivity contribution in [3.8, 4) is 0 Å². The lowest BCUT2D eigenvalue weighted by Gasteiger charge is -2.17. The molecule has 0 saturated heterocycles. The molecule has 0 spiro atoms. The number of nitrogens with one attached hydrogen (secondary N) is 2. The molecule has 0 atom stereocenters. The Morgan fingerprint density at radius 1 is 0.903 bits per heavy atom. The summed E-state index contributed by atoms with van der Waals surface area (Å²) < 4.78 is 26.0. The topological polar surface area (TPSA) is 78.5 Å². The van der Waals surface area contributed by atoms with Gasteiger partial charge in [0.15, 0.2) is 9.84 Å². The quantitative estimate of drug-likeness (QED) is 0.531. The summed E-state index contributed by atoms with van der Waals surface area (Å²) in [6, 6.07) is 16.5. The Kier molecular flexibility index (Phi) is 6.85. The van der Waals surface area contributed by atoms with Crippen molar-refractivity contribution < 1.29 is 13.2 Å². The van der Waals surface area contributed by atoms with Crippen molar-refractivity contribution in [3.63, 3.8) is 0 Å². The van der Waals surface area contributed by atoms with Crippen LogP contribution in [0.2, 0.25) is 0 Å². The van der Waals surface area contributed by atoms with Gasteiger partial charge in [0.25, 0.3) is 0 Å². The molecule has 0 bridgehead atoms. The zero-order valence-electron chi connectivity index (χ0n) is 18.4. The molecule has 0 heterocycles. The van der Waals surface area contributed by atoms with E-state index in [-0.39, 0.29) is 18.3 Å². The number of hydrogen-bond acceptors (Lipinski definition) is 4. The molecule has 3 rings (SSSR count). The number of para-hydroxylation sites is 1. The van der Waals surface area contributed by atoms with Gasteiger partial charge in [-0.1, -0.05) is 42.5 Å². The van der Waals surface area contributed by atoms with Crippen LogP contribution >= 0.6 is 0 Å². The number of benzene rings is 3. The zero-order chi connectivity index (χ0) is 22.6. The van der Waals surface area contributed by atoms with Crippen LogP contribution in [0, 0.1) is 13.8 Å². The maximum Gasteiger partial charge on any atom is 0.319 e. The van der Waals surface area contributed by atoms with Crippen molar-refractivity contribution in [3.05, 3.63) is 65.7 Å². The second-order valence-corrected chi connectivity index (χ2v) is 9.92. The maximum atomic E-state index is 13.0. The van der Waals surface area contributed by atoms with Gasteiger partial charge in [0, 0.05) is 42.8 Å². The van der Waals surface area contributed by atoms with Crippen LogP contribution in [0.15, 0.2) is 59.5 Å². The normalized spacial score (nSPS) is 11.4. The van der Waals surface area contributed by atoms with Gasteiger partial charge >= 0.3 is 6.03 Å². The van der Waals surface area contributed by atoms with Crippen molar-refractivity contribution in [2.45, 2.75) is 25.2 Å². The predicted octanol–water partition coefficient (Wildman–Crippen LogP) is 4.51. The van der Waals surface area contributed by atoms with Crippen LogP contribution in [0.25, 0.3) is 10.8 Å². The third-order valence-electron chi connectivity index (χ3n) is 5.27. The summed E-state index contributed by atoms with van der Waals surface area (Å²) in [7, 11) is 0.381. The van der Waals surface area contributed by atoms with E-state index in [9.17, 15) is 13.2 Å². The lowest BCUT2D eigenvalue weighted by atomic mass is 10.1. The molecule has 164 valence electrons. The summed E-state index contributed by atoms with van der Waals surface area (Å²) >= 11 is 0. The number of sulfone groups is 1. The highest BCUT2D eigenvalue weighted by molar-refractivity contribution is 7.91. The van der Waals surface area contributed by atoms with Gasteiger partial charge in [0.2, 0.25) is 0 Å². The monoisotopic (exact) mass is 439 g/mol. The maximum absolute atomic E-state index is 13.0. The Bertz CT molecular complexity index is 1180. The van der Waals surface area contributed by atoms with Gasteiger partial charge in [-0.3, -0.25) is 0 Å². The number of rotatable bonds is 7. The number of hydrogen-bond donors (Lipinski definition) is 2. The average molecular weight is 440 g/mol. The summed E-state index contributed by atoms with van der Waals surface area (Å²) in [5, 5.41) is 7.21. The molecular weight excluding hydrogens is 410 g/mol. The number of carbonyl (C=O) groups excluding carboxylic acids is 1. The van der Waals surface area contributed by atoms with Gasteiger partial charge in [-0.2, -0.15) is 0 Å². The van der Waals surface area contributed by atoms with Crippen LogP contribution < -0.4 is 15.5 Å². The van der Waals surface area contributed by atoms with E-state index in [0.29, 0.717) is 11.3 Å². The first-order valence-corrected chi connectivity index (χ1v) is 11.9. The van der Waals surface area contributed by atoms with Gasteiger partial charge in [0.1, 0.15) is 0 Å². The number of carbonyl (C=O) groups is 1. The third-order valence-corrected chi connectivity index (χ3v) is 7.12. The number of amides is 2. The molecule has 0 aliphatic carbocycles. The minimum atomic E-state index is -3.49. The van der Waals surface area contributed by atoms with E-state index in [0.717, 1.165) is 33.3 Å². The Labute approximate surface area is 184 Å². The van der Waals surface area contributed by atoms with E-state index in [2.05, 4.69) is 10.6 Å². The largest absolute Gasteiger partial charge is 0.377 e. The number of fused-ring (bicyclic) bond motifs is 1. The molecule has 0 aromatic heterocycles. The summed E-state index contributed by atoms with van der Waals surface area (Å²) in [5.41, 5.74) is 3.70. The zero-order valence-corrected chi connectivity index (χ0v) is 19.2. The predicted molar refractivity (Wildman–Crippen MR) is 128 cm³/mol. The SMILES string of the molecule is Cc1cccc(C)c1NC(=O)NCCCS(=O)(=O)c1cccc2c(N(C)C)cccc12. The Morgan fingerprint density at radius 2 is 1.52 bits per heavy atom. The van der Waals surface area contributed by atoms with Crippen molar-refractivity contribution in [1.82, 2.24) is 5.32 Å². The van der Waals surface area contributed by atoms with Gasteiger partial charge < -0.3 is 15.5 Å². The summed E-state index contributed by atoms with van der Waals surface area (Å²) in [6.07, 6.45) is 0.326. The van der Waals surface area contributed by atoms with E-state index in [4.69, 9.17) is 0 Å². The number of urea groups is 1. The summed E-state index contributed by atoms with van der Waals surface area (Å²) in [5.74, 6) is -0.0397. The fraction of sp³-hybridized carbons (Fsp3) is 0.292. The van der Waals surface area contributed by atoms with E-state index >= 15 is 0 Å². The highest BCUT2D eigenvalue weighted by Crippen LogP contribution is 2.30. The first-order valence-electron chi connectivity index (χ1n) is 10.2. The van der Waals surface area contributed by atoms with Crippen molar-refractivity contribution in [2.75, 3.05) is 36.6 Å². The van der Waals surface area contributed by atoms with E-state index < -0.39 is 9.84 Å². The highest BCUT2D eigenvalue weighted by Gasteiger charge is 2.18. The van der Waals surface area contributed by atoms with Crippen LogP contribution in [-0.2, 0) is 9.84 Å². The summed E-state index contributed by atoms with van der Waals surface area (Å²) in [6.45, 7) is 4.13. The number of aryl methyl sites for hydroxylation is 2. The minimum Gasteiger partial charge on any atom is -0.377 e. The Balaban J connectivity index is 1.65. The van der Waals surface area contributed by atoms with Gasteiger partial charge in [0.05, 0.1) is 10.6 Å². The van der Waals surface area contributed by atoms with Crippen LogP contribution in [0.4, 0.5) is 16.2 Å². The average Bonchev–Trinajstić information content (AvgIpc) is 2.73. The van der Waals surface area contributed by atoms with Gasteiger partial charge in [-0.05, 0) is 43.5 Å². The fourth-order valence-electron chi connectivity index (χ4n) is 3.67. The molecule has 2 amide bonds. The van der Waals surface area contributed by atoms with Crippen LogP contribution in [0.5, 0.6) is 0 Å². The van der Waals surface area contributed by atoms with Crippen molar-refractivity contribution in [1.29, 1.82) is 0 Å². The lowest BCUT2D eigenvalue weighted by Crippen LogP contribution is -2.31. The van der Waals surface area contributed by atoms with Crippen LogP contribution in [0.1, 0.15) is 17.5 Å². The van der Waals surface area contributed by atoms with E-state index in [1.807, 2.05) is 75.3 Å². The molecule has 6 nitrogen and oxygen atoms in total. The Hall–Kier alpha value is -3.06. The molecule has 0 fully saturated rings. The number of nitrogens with zero attached hydrogens (tertiary/aromatic N) is 1. The molecule has 0 saturated carbocycles. The first kappa shape index (κ1) is 22.6. The molecule has 3 aromatic rings. The van der Waals surface area contributed by atoms with Crippen LogP contribution in [0.3, 0.4) is 0 Å². The number of anilines is 2. The van der Waals surface area contributed by atoms with E-state index in [1.54, 1.807) is 12.1 Å². The van der Waals surface area contributed by atoms with E-state index in [1.165, 1.54) is 0 Å². The molecule has 3 aromatic carbocycles. The third kappa shape index (κ3) is 5.17. The lowest BCUT2D eigenvalue weighted by molar-refractivity contribution is 0.252. The van der Waals surface area contributed by atoms with Crippen molar-refractivity contribution >= 4 is 38.0 Å². The first-order chi connectivity index (χ1) is 14.7. The Morgan fingerprint density at radius 3 is 2.19 bits per heavy atom. The molecule has 0 unspecified atom stereocenters. The minimum absolute atomic E-state index is 0.0397. The highest BCUT2D eigenvalue weighted by atomic mass is 32.2. The summed E-state index contributed by atoms with van der Waals surface area (Å²) in [4.78, 5) is 14.5. The molecular formula is C24H29N3O3S. The molecule has 0 aliphatic heterocycles. The van der Waals surface area contributed by atoms with Gasteiger partial charge in [-0.25, -0.2) is 13.2 Å². The molecule has 0 aliphatic rings. The second-order valence-electron chi connectivity index (χ2n) is 7.84. The molecule has 31 heavy (non-hydrogen) atoms.